The molecule has 6 aromatic carbocycles. The van der Waals surface area contributed by atoms with Crippen molar-refractivity contribution in [2.75, 3.05) is 4.90 Å². The molecule has 2 heteroatoms. The van der Waals surface area contributed by atoms with Crippen LogP contribution in [0.3, 0.4) is 0 Å². The highest BCUT2D eigenvalue weighted by molar-refractivity contribution is 6.08. The monoisotopic (exact) mass is 679 g/mol. The highest BCUT2D eigenvalue weighted by Crippen LogP contribution is 2.56. The van der Waals surface area contributed by atoms with Crippen LogP contribution in [0.1, 0.15) is 103 Å². The minimum atomic E-state index is -0.113. The van der Waals surface area contributed by atoms with Crippen molar-refractivity contribution in [3.05, 3.63) is 149 Å². The van der Waals surface area contributed by atoms with Gasteiger partial charge in [-0.2, -0.15) is 0 Å². The number of nitrogens with zero attached hydrogens (tertiary/aromatic N) is 1. The molecule has 7 aromatic rings. The highest BCUT2D eigenvalue weighted by atomic mass is 16.3. The van der Waals surface area contributed by atoms with E-state index in [-0.39, 0.29) is 21.7 Å². The summed E-state index contributed by atoms with van der Waals surface area (Å²) in [6.07, 6.45) is 0. The van der Waals surface area contributed by atoms with Crippen LogP contribution in [0.25, 0.3) is 44.2 Å². The fraction of sp³-hybridized carbons (Fsp3) is 0.280. The van der Waals surface area contributed by atoms with E-state index in [1.807, 2.05) is 0 Å². The maximum atomic E-state index is 6.78. The molecular formula is C50H49NO. The summed E-state index contributed by atoms with van der Waals surface area (Å²) in [5.74, 6) is 0. The number of anilines is 3. The van der Waals surface area contributed by atoms with Crippen molar-refractivity contribution in [1.29, 1.82) is 0 Å². The number of fused-ring (bicyclic) bond motifs is 9. The Hall–Kier alpha value is -5.08. The molecule has 2 nitrogen and oxygen atoms in total. The van der Waals surface area contributed by atoms with Crippen molar-refractivity contribution in [1.82, 2.24) is 0 Å². The molecule has 0 N–H and O–H groups in total. The van der Waals surface area contributed by atoms with Gasteiger partial charge in [0, 0.05) is 44.1 Å². The third kappa shape index (κ3) is 4.62. The average Bonchev–Trinajstić information content (AvgIpc) is 3.67. The second-order valence-electron chi connectivity index (χ2n) is 18.3. The van der Waals surface area contributed by atoms with E-state index in [1.54, 1.807) is 0 Å². The molecule has 0 aliphatic heterocycles. The van der Waals surface area contributed by atoms with Gasteiger partial charge in [0.05, 0.1) is 5.69 Å². The Bertz CT molecular complexity index is 2600. The summed E-state index contributed by atoms with van der Waals surface area (Å²) < 4.78 is 6.78. The zero-order valence-electron chi connectivity index (χ0n) is 32.3. The van der Waals surface area contributed by atoms with Gasteiger partial charge < -0.3 is 9.32 Å². The lowest BCUT2D eigenvalue weighted by molar-refractivity contribution is 0.559. The van der Waals surface area contributed by atoms with Gasteiger partial charge in [0.1, 0.15) is 11.2 Å². The first-order valence-corrected chi connectivity index (χ1v) is 18.9. The summed E-state index contributed by atoms with van der Waals surface area (Å²) in [7, 11) is 0. The Labute approximate surface area is 309 Å². The first-order valence-electron chi connectivity index (χ1n) is 18.9. The molecule has 0 radical (unpaired) electrons. The van der Waals surface area contributed by atoms with Crippen LogP contribution in [-0.4, -0.2) is 0 Å². The molecule has 0 saturated heterocycles. The van der Waals surface area contributed by atoms with Crippen LogP contribution in [0.15, 0.2) is 120 Å². The van der Waals surface area contributed by atoms with Crippen LogP contribution in [0.5, 0.6) is 0 Å². The lowest BCUT2D eigenvalue weighted by Gasteiger charge is -2.30. The number of rotatable bonds is 3. The molecule has 0 fully saturated rings. The van der Waals surface area contributed by atoms with Crippen LogP contribution in [0, 0.1) is 0 Å². The molecule has 9 rings (SSSR count). The third-order valence-electron chi connectivity index (χ3n) is 12.1. The SMILES string of the molecule is CC(C)(C)c1cc(C(C)(C)C)c2oc3ccc(N(c4ccc5c(c4)C(C)(C)c4ccccc4-5)c4cccc5c4-c4ccccc4C5(C)C)cc3c2c1. The van der Waals surface area contributed by atoms with Gasteiger partial charge in [0.2, 0.25) is 0 Å². The molecule has 2 aliphatic carbocycles. The van der Waals surface area contributed by atoms with Crippen molar-refractivity contribution >= 4 is 39.0 Å². The van der Waals surface area contributed by atoms with E-state index >= 15 is 0 Å². The van der Waals surface area contributed by atoms with Gasteiger partial charge in [-0.05, 0) is 97.8 Å². The van der Waals surface area contributed by atoms with Gasteiger partial charge in [-0.15, -0.1) is 0 Å². The maximum Gasteiger partial charge on any atom is 0.139 e. The van der Waals surface area contributed by atoms with Gasteiger partial charge in [-0.25, -0.2) is 0 Å². The second kappa shape index (κ2) is 10.7. The number of benzene rings is 6. The highest BCUT2D eigenvalue weighted by Gasteiger charge is 2.39. The van der Waals surface area contributed by atoms with Gasteiger partial charge in [-0.1, -0.05) is 142 Å². The van der Waals surface area contributed by atoms with Crippen LogP contribution < -0.4 is 4.90 Å². The van der Waals surface area contributed by atoms with E-state index in [4.69, 9.17) is 4.42 Å². The van der Waals surface area contributed by atoms with Crippen molar-refractivity contribution in [2.45, 2.75) is 90.9 Å². The molecule has 0 unspecified atom stereocenters. The molecule has 0 spiro atoms. The summed E-state index contributed by atoms with van der Waals surface area (Å²) in [5.41, 5.74) is 18.5. The summed E-state index contributed by atoms with van der Waals surface area (Å²) in [6, 6.07) is 43.5. The van der Waals surface area contributed by atoms with E-state index in [0.717, 1.165) is 27.9 Å². The Kier molecular flexibility index (Phi) is 6.77. The fourth-order valence-corrected chi connectivity index (χ4v) is 9.18. The summed E-state index contributed by atoms with van der Waals surface area (Å²) in [6.45, 7) is 23.2. The number of hydrogen-bond acceptors (Lipinski definition) is 2. The Morgan fingerprint density at radius 3 is 1.81 bits per heavy atom. The van der Waals surface area contributed by atoms with Gasteiger partial charge in [0.15, 0.2) is 0 Å². The standard InChI is InChI=1S/C50H49NO/c1-47(2,3)30-26-37-36-28-31(23-25-44(36)52-46(37)42(27-30)48(4,5)6)51(32-22-24-34-33-16-11-13-18-38(33)50(9,10)41(34)29-32)43-21-15-20-40-45(43)35-17-12-14-19-39(35)49(40,7)8/h11-29H,1-10H3. The van der Waals surface area contributed by atoms with E-state index in [0.29, 0.717) is 0 Å². The minimum absolute atomic E-state index is 0.00101. The lowest BCUT2D eigenvalue weighted by atomic mass is 9.79. The van der Waals surface area contributed by atoms with Crippen LogP contribution in [-0.2, 0) is 21.7 Å². The molecule has 0 amide bonds. The average molecular weight is 680 g/mol. The van der Waals surface area contributed by atoms with Crippen molar-refractivity contribution in [3.63, 3.8) is 0 Å². The minimum Gasteiger partial charge on any atom is -0.456 e. The van der Waals surface area contributed by atoms with Crippen molar-refractivity contribution in [2.24, 2.45) is 0 Å². The molecule has 260 valence electrons. The molecule has 0 atom stereocenters. The molecule has 1 aromatic heterocycles. The first-order chi connectivity index (χ1) is 24.6. The van der Waals surface area contributed by atoms with Crippen LogP contribution in [0.2, 0.25) is 0 Å². The zero-order valence-corrected chi connectivity index (χ0v) is 32.3. The van der Waals surface area contributed by atoms with E-state index < -0.39 is 0 Å². The second-order valence-corrected chi connectivity index (χ2v) is 18.3. The summed E-state index contributed by atoms with van der Waals surface area (Å²) >= 11 is 0. The molecule has 1 heterocycles. The van der Waals surface area contributed by atoms with Gasteiger partial charge >= 0.3 is 0 Å². The fourth-order valence-electron chi connectivity index (χ4n) is 9.18. The smallest absolute Gasteiger partial charge is 0.139 e. The third-order valence-corrected chi connectivity index (χ3v) is 12.1. The topological polar surface area (TPSA) is 16.4 Å². The number of furan rings is 1. The summed E-state index contributed by atoms with van der Waals surface area (Å²) in [5, 5.41) is 2.33. The predicted octanol–water partition coefficient (Wildman–Crippen LogP) is 14.3. The van der Waals surface area contributed by atoms with E-state index in [1.165, 1.54) is 66.7 Å². The van der Waals surface area contributed by atoms with Crippen molar-refractivity contribution < 1.29 is 4.42 Å². The normalized spacial score (nSPS) is 15.4. The number of hydrogen-bond donors (Lipinski definition) is 0. The summed E-state index contributed by atoms with van der Waals surface area (Å²) in [4.78, 5) is 2.51. The van der Waals surface area contributed by atoms with Gasteiger partial charge in [0.25, 0.3) is 0 Å². The quantitative estimate of drug-likeness (QED) is 0.185. The zero-order chi connectivity index (χ0) is 36.5. The maximum absolute atomic E-state index is 6.78. The molecule has 2 aliphatic rings. The van der Waals surface area contributed by atoms with Crippen molar-refractivity contribution in [3.8, 4) is 22.3 Å². The van der Waals surface area contributed by atoms with Crippen LogP contribution in [0.4, 0.5) is 17.1 Å². The van der Waals surface area contributed by atoms with Gasteiger partial charge in [-0.3, -0.25) is 0 Å². The Morgan fingerprint density at radius 1 is 0.500 bits per heavy atom. The largest absolute Gasteiger partial charge is 0.456 e. The molecular weight excluding hydrogens is 631 g/mol. The predicted molar refractivity (Wildman–Crippen MR) is 221 cm³/mol. The van der Waals surface area contributed by atoms with Crippen LogP contribution >= 0.6 is 0 Å². The molecule has 52 heavy (non-hydrogen) atoms. The van der Waals surface area contributed by atoms with E-state index in [2.05, 4.69) is 189 Å². The first kappa shape index (κ1) is 32.8. The molecule has 0 bridgehead atoms. The Morgan fingerprint density at radius 2 is 1.10 bits per heavy atom. The molecule has 0 saturated carbocycles. The van der Waals surface area contributed by atoms with E-state index in [9.17, 15) is 0 Å². The lowest BCUT2D eigenvalue weighted by Crippen LogP contribution is -2.17. The Balaban J connectivity index is 1.34.